The van der Waals surface area contributed by atoms with Crippen molar-refractivity contribution >= 4 is 0 Å². The minimum absolute atomic E-state index is 0.441. The number of halogens is 3. The zero-order chi connectivity index (χ0) is 11.1. The number of alkyl halides is 3. The van der Waals surface area contributed by atoms with Crippen LogP contribution in [0, 0.1) is 0 Å². The van der Waals surface area contributed by atoms with Crippen LogP contribution in [0.3, 0.4) is 0 Å². The van der Waals surface area contributed by atoms with Crippen molar-refractivity contribution in [3.8, 4) is 0 Å². The third-order valence-corrected chi connectivity index (χ3v) is 3.60. The SMILES string of the molecule is FC(F)(F)C1=CC[C]([Zr])=C1C1=CC=CC1. The van der Waals surface area contributed by atoms with Crippen LogP contribution in [0.1, 0.15) is 12.8 Å². The van der Waals surface area contributed by atoms with Gasteiger partial charge in [-0.05, 0) is 0 Å². The molecule has 2 aliphatic carbocycles. The molecule has 4 heteroatoms. The Bertz CT molecular complexity index is 408. The summed E-state index contributed by atoms with van der Waals surface area (Å²) in [5, 5.41) is 0. The zero-order valence-corrected chi connectivity index (χ0v) is 10.3. The average Bonchev–Trinajstić information content (AvgIpc) is 2.69. The fraction of sp³-hybridized carbons (Fsp3) is 0.273. The van der Waals surface area contributed by atoms with E-state index in [-0.39, 0.29) is 0 Å². The van der Waals surface area contributed by atoms with Gasteiger partial charge in [0.25, 0.3) is 0 Å². The predicted octanol–water partition coefficient (Wildman–Crippen LogP) is 3.57. The molecule has 0 N–H and O–H groups in total. The molecule has 0 atom stereocenters. The van der Waals surface area contributed by atoms with E-state index in [1.54, 1.807) is 6.08 Å². The Morgan fingerprint density at radius 3 is 2.47 bits per heavy atom. The summed E-state index contributed by atoms with van der Waals surface area (Å²) in [6.07, 6.45) is 3.66. The molecule has 0 aromatic heterocycles. The van der Waals surface area contributed by atoms with Crippen LogP contribution in [0.25, 0.3) is 0 Å². The van der Waals surface area contributed by atoms with Gasteiger partial charge >= 0.3 is 101 Å². The average molecular weight is 288 g/mol. The van der Waals surface area contributed by atoms with E-state index in [0.717, 1.165) is 33.6 Å². The molecule has 0 aromatic carbocycles. The van der Waals surface area contributed by atoms with Crippen LogP contribution >= 0.6 is 0 Å². The van der Waals surface area contributed by atoms with Crippen molar-refractivity contribution in [3.63, 3.8) is 0 Å². The number of hydrogen-bond acceptors (Lipinski definition) is 0. The maximum atomic E-state index is 12.7. The van der Waals surface area contributed by atoms with E-state index < -0.39 is 11.7 Å². The Labute approximate surface area is 101 Å². The monoisotopic (exact) mass is 287 g/mol. The standard InChI is InChI=1S/C11H8F3.Zr/c12-11(13,14)10-7-3-6-9(10)8-4-1-2-5-8;/h1-2,4,7H,3,5H2;. The Morgan fingerprint density at radius 1 is 1.20 bits per heavy atom. The molecule has 0 aliphatic heterocycles. The summed E-state index contributed by atoms with van der Waals surface area (Å²) in [6.45, 7) is 0. The third-order valence-electron chi connectivity index (χ3n) is 2.48. The van der Waals surface area contributed by atoms with E-state index in [9.17, 15) is 13.2 Å². The second-order valence-corrected chi connectivity index (χ2v) is 4.98. The Morgan fingerprint density at radius 2 is 1.93 bits per heavy atom. The van der Waals surface area contributed by atoms with E-state index in [1.165, 1.54) is 6.08 Å². The van der Waals surface area contributed by atoms with Crippen molar-refractivity contribution in [2.45, 2.75) is 19.0 Å². The second-order valence-electron chi connectivity index (χ2n) is 3.50. The van der Waals surface area contributed by atoms with Crippen LogP contribution in [0.5, 0.6) is 0 Å². The van der Waals surface area contributed by atoms with E-state index in [1.807, 2.05) is 12.2 Å². The topological polar surface area (TPSA) is 0 Å². The molecule has 0 heterocycles. The summed E-state index contributed by atoms with van der Waals surface area (Å²) < 4.78 is 39.0. The molecule has 0 saturated carbocycles. The Balaban J connectivity index is 2.37. The Kier molecular flexibility index (Phi) is 2.89. The quantitative estimate of drug-likeness (QED) is 0.692. The van der Waals surface area contributed by atoms with Crippen LogP contribution in [0.2, 0.25) is 0 Å². The molecule has 2 rings (SSSR count). The number of rotatable bonds is 1. The van der Waals surface area contributed by atoms with Crippen molar-refractivity contribution in [2.24, 2.45) is 0 Å². The molecular formula is C11H8F3Zr. The van der Waals surface area contributed by atoms with Gasteiger partial charge in [0.15, 0.2) is 0 Å². The molecule has 2 aliphatic rings. The van der Waals surface area contributed by atoms with Crippen LogP contribution < -0.4 is 0 Å². The van der Waals surface area contributed by atoms with Crippen molar-refractivity contribution in [3.05, 3.63) is 44.3 Å². The summed E-state index contributed by atoms with van der Waals surface area (Å²) in [6, 6.07) is 0. The summed E-state index contributed by atoms with van der Waals surface area (Å²) in [5.74, 6) is 0. The van der Waals surface area contributed by atoms with Crippen molar-refractivity contribution in [1.29, 1.82) is 0 Å². The fourth-order valence-electron chi connectivity index (χ4n) is 1.83. The third kappa shape index (κ3) is 2.10. The van der Waals surface area contributed by atoms with Crippen LogP contribution in [0.4, 0.5) is 13.2 Å². The summed E-state index contributed by atoms with van der Waals surface area (Å²) in [7, 11) is 0. The van der Waals surface area contributed by atoms with Crippen LogP contribution in [-0.2, 0) is 24.7 Å². The van der Waals surface area contributed by atoms with Gasteiger partial charge in [-0.15, -0.1) is 0 Å². The number of hydrogen-bond donors (Lipinski definition) is 0. The molecule has 0 unspecified atom stereocenters. The van der Waals surface area contributed by atoms with Crippen molar-refractivity contribution in [1.82, 2.24) is 0 Å². The second kappa shape index (κ2) is 3.90. The molecule has 0 fully saturated rings. The first-order valence-corrected chi connectivity index (χ1v) is 5.81. The van der Waals surface area contributed by atoms with Crippen LogP contribution in [0.15, 0.2) is 44.3 Å². The molecule has 0 bridgehead atoms. The molecule has 0 amide bonds. The van der Waals surface area contributed by atoms with Gasteiger partial charge in [-0.3, -0.25) is 0 Å². The van der Waals surface area contributed by atoms with Gasteiger partial charge in [0.1, 0.15) is 0 Å². The normalized spacial score (nSPS) is 20.9. The number of allylic oxidation sites excluding steroid dienone is 8. The van der Waals surface area contributed by atoms with Gasteiger partial charge in [-0.25, -0.2) is 0 Å². The van der Waals surface area contributed by atoms with E-state index in [0.29, 0.717) is 18.4 Å². The van der Waals surface area contributed by atoms with Gasteiger partial charge in [0.05, 0.1) is 0 Å². The molecule has 77 valence electrons. The van der Waals surface area contributed by atoms with Gasteiger partial charge in [0, 0.05) is 0 Å². The van der Waals surface area contributed by atoms with Gasteiger partial charge in [-0.1, -0.05) is 0 Å². The summed E-state index contributed by atoms with van der Waals surface area (Å²) in [4.78, 5) is 0. The summed E-state index contributed by atoms with van der Waals surface area (Å²) in [5.41, 5.74) is 0.817. The predicted molar refractivity (Wildman–Crippen MR) is 47.6 cm³/mol. The Hall–Kier alpha value is -0.367. The van der Waals surface area contributed by atoms with Crippen LogP contribution in [-0.4, -0.2) is 6.18 Å². The minimum atomic E-state index is -4.21. The fourth-order valence-corrected chi connectivity index (χ4v) is 2.80. The van der Waals surface area contributed by atoms with Crippen molar-refractivity contribution < 1.29 is 37.9 Å². The van der Waals surface area contributed by atoms with Gasteiger partial charge < -0.3 is 0 Å². The summed E-state index contributed by atoms with van der Waals surface area (Å²) >= 11 is 1.08. The van der Waals surface area contributed by atoms with E-state index in [2.05, 4.69) is 0 Å². The van der Waals surface area contributed by atoms with Crippen molar-refractivity contribution in [2.75, 3.05) is 0 Å². The molecule has 0 saturated heterocycles. The zero-order valence-electron chi connectivity index (χ0n) is 7.86. The molecule has 15 heavy (non-hydrogen) atoms. The maximum absolute atomic E-state index is 12.7. The first kappa shape index (κ1) is 11.1. The van der Waals surface area contributed by atoms with Gasteiger partial charge in [0.2, 0.25) is 0 Å². The van der Waals surface area contributed by atoms with Gasteiger partial charge in [-0.2, -0.15) is 0 Å². The first-order valence-electron chi connectivity index (χ1n) is 4.58. The molecule has 0 radical (unpaired) electrons. The molecule has 0 aromatic rings. The molecular weight excluding hydrogens is 280 g/mol. The first-order chi connectivity index (χ1) is 7.00. The van der Waals surface area contributed by atoms with E-state index in [4.69, 9.17) is 0 Å². The van der Waals surface area contributed by atoms with E-state index >= 15 is 0 Å². The molecule has 0 spiro atoms. The molecule has 0 nitrogen and oxygen atoms in total.